The van der Waals surface area contributed by atoms with Crippen molar-refractivity contribution in [3.63, 3.8) is 0 Å². The minimum absolute atomic E-state index is 0.179. The number of thioether (sulfide) groups is 1. The predicted octanol–water partition coefficient (Wildman–Crippen LogP) is 3.42. The summed E-state index contributed by atoms with van der Waals surface area (Å²) in [5, 5.41) is 13.7. The summed E-state index contributed by atoms with van der Waals surface area (Å²) in [6.07, 6.45) is 1.94. The molecule has 0 spiro atoms. The van der Waals surface area contributed by atoms with Crippen molar-refractivity contribution in [1.82, 2.24) is 0 Å². The minimum atomic E-state index is -0.914. The number of hydrogen-bond acceptors (Lipinski definition) is 6. The lowest BCUT2D eigenvalue weighted by molar-refractivity contribution is -0.385. The van der Waals surface area contributed by atoms with Crippen molar-refractivity contribution in [2.24, 2.45) is 0 Å². The van der Waals surface area contributed by atoms with Crippen LogP contribution >= 0.6 is 11.8 Å². The number of rotatable bonds is 6. The highest BCUT2D eigenvalue weighted by Crippen LogP contribution is 2.23. The summed E-state index contributed by atoms with van der Waals surface area (Å²) >= 11 is 1.58. The van der Waals surface area contributed by atoms with E-state index in [1.54, 1.807) is 23.9 Å². The second-order valence-corrected chi connectivity index (χ2v) is 5.96. The van der Waals surface area contributed by atoms with Crippen LogP contribution in [0.5, 0.6) is 0 Å². The molecule has 0 aliphatic heterocycles. The standard InChI is InChI=1S/C17H16N2O5S/c1-11-4-3-5-14(16(11)19(22)23)17(21)24-10-15(20)18-12-6-8-13(25-2)9-7-12/h3-9H,10H2,1-2H3,(H,18,20). The number of aryl methyl sites for hydroxylation is 1. The number of carbonyl (C=O) groups excluding carboxylic acids is 2. The van der Waals surface area contributed by atoms with Crippen LogP contribution in [0.4, 0.5) is 11.4 Å². The Kier molecular flexibility index (Phi) is 6.13. The highest BCUT2D eigenvalue weighted by Gasteiger charge is 2.24. The van der Waals surface area contributed by atoms with E-state index in [1.165, 1.54) is 25.1 Å². The third-order valence-electron chi connectivity index (χ3n) is 3.35. The molecular weight excluding hydrogens is 344 g/mol. The lowest BCUT2D eigenvalue weighted by Crippen LogP contribution is -2.21. The molecule has 0 fully saturated rings. The summed E-state index contributed by atoms with van der Waals surface area (Å²) in [6.45, 7) is 0.994. The third-order valence-corrected chi connectivity index (χ3v) is 4.09. The number of carbonyl (C=O) groups is 2. The molecule has 25 heavy (non-hydrogen) atoms. The molecule has 0 saturated heterocycles. The number of nitro benzene ring substituents is 1. The van der Waals surface area contributed by atoms with Gasteiger partial charge in [-0.2, -0.15) is 0 Å². The number of nitrogens with one attached hydrogen (secondary N) is 1. The van der Waals surface area contributed by atoms with Gasteiger partial charge in [0.1, 0.15) is 5.56 Å². The molecule has 7 nitrogen and oxygen atoms in total. The number of nitro groups is 1. The first-order chi connectivity index (χ1) is 11.9. The molecule has 2 rings (SSSR count). The molecule has 0 atom stereocenters. The zero-order valence-electron chi connectivity index (χ0n) is 13.6. The maximum Gasteiger partial charge on any atom is 0.345 e. The molecule has 0 aromatic heterocycles. The largest absolute Gasteiger partial charge is 0.452 e. The molecule has 130 valence electrons. The summed E-state index contributed by atoms with van der Waals surface area (Å²) in [5.41, 5.74) is 0.417. The van der Waals surface area contributed by atoms with Gasteiger partial charge in [0.2, 0.25) is 0 Å². The van der Waals surface area contributed by atoms with Crippen LogP contribution in [0.25, 0.3) is 0 Å². The van der Waals surface area contributed by atoms with Crippen LogP contribution < -0.4 is 5.32 Å². The molecule has 0 saturated carbocycles. The normalized spacial score (nSPS) is 10.2. The Morgan fingerprint density at radius 3 is 2.48 bits per heavy atom. The Hall–Kier alpha value is -2.87. The number of amides is 1. The predicted molar refractivity (Wildman–Crippen MR) is 95.0 cm³/mol. The highest BCUT2D eigenvalue weighted by molar-refractivity contribution is 7.98. The van der Waals surface area contributed by atoms with Crippen molar-refractivity contribution in [1.29, 1.82) is 0 Å². The van der Waals surface area contributed by atoms with E-state index < -0.39 is 23.4 Å². The van der Waals surface area contributed by atoms with E-state index in [0.717, 1.165) is 4.90 Å². The third kappa shape index (κ3) is 4.80. The van der Waals surface area contributed by atoms with Crippen LogP contribution in [0.1, 0.15) is 15.9 Å². The molecule has 0 aliphatic carbocycles. The lowest BCUT2D eigenvalue weighted by Gasteiger charge is -2.08. The molecule has 0 unspecified atom stereocenters. The second kappa shape index (κ2) is 8.29. The van der Waals surface area contributed by atoms with Gasteiger partial charge in [-0.3, -0.25) is 14.9 Å². The maximum atomic E-state index is 12.1. The quantitative estimate of drug-likeness (QED) is 0.367. The fourth-order valence-corrected chi connectivity index (χ4v) is 2.55. The summed E-state index contributed by atoms with van der Waals surface area (Å²) in [7, 11) is 0. The molecule has 1 amide bonds. The number of benzene rings is 2. The van der Waals surface area contributed by atoms with Crippen LogP contribution in [0.15, 0.2) is 47.4 Å². The Morgan fingerprint density at radius 2 is 1.88 bits per heavy atom. The summed E-state index contributed by atoms with van der Waals surface area (Å²) in [4.78, 5) is 35.4. The topological polar surface area (TPSA) is 98.5 Å². The molecule has 2 aromatic rings. The number of ether oxygens (including phenoxy) is 1. The lowest BCUT2D eigenvalue weighted by atomic mass is 10.1. The summed E-state index contributed by atoms with van der Waals surface area (Å²) in [6, 6.07) is 11.5. The minimum Gasteiger partial charge on any atom is -0.452 e. The van der Waals surface area contributed by atoms with Crippen molar-refractivity contribution in [3.8, 4) is 0 Å². The Labute approximate surface area is 148 Å². The molecule has 8 heteroatoms. The number of anilines is 1. The van der Waals surface area contributed by atoms with E-state index >= 15 is 0 Å². The van der Waals surface area contributed by atoms with E-state index in [0.29, 0.717) is 11.3 Å². The van der Waals surface area contributed by atoms with Crippen LogP contribution in [0.3, 0.4) is 0 Å². The summed E-state index contributed by atoms with van der Waals surface area (Å²) < 4.78 is 4.89. The molecule has 0 heterocycles. The van der Waals surface area contributed by atoms with E-state index in [4.69, 9.17) is 4.74 Å². The van der Waals surface area contributed by atoms with E-state index in [1.807, 2.05) is 18.4 Å². The molecule has 1 N–H and O–H groups in total. The van der Waals surface area contributed by atoms with Crippen molar-refractivity contribution in [2.45, 2.75) is 11.8 Å². The molecule has 2 aromatic carbocycles. The van der Waals surface area contributed by atoms with Gasteiger partial charge in [-0.1, -0.05) is 12.1 Å². The Morgan fingerprint density at radius 1 is 1.20 bits per heavy atom. The average Bonchev–Trinajstić information content (AvgIpc) is 2.59. The monoisotopic (exact) mass is 360 g/mol. The van der Waals surface area contributed by atoms with Gasteiger partial charge < -0.3 is 10.1 Å². The van der Waals surface area contributed by atoms with Gasteiger partial charge >= 0.3 is 5.97 Å². The fourth-order valence-electron chi connectivity index (χ4n) is 2.15. The smallest absolute Gasteiger partial charge is 0.345 e. The average molecular weight is 360 g/mol. The number of nitrogens with zero attached hydrogens (tertiary/aromatic N) is 1. The maximum absolute atomic E-state index is 12.1. The zero-order valence-corrected chi connectivity index (χ0v) is 14.5. The number of esters is 1. The van der Waals surface area contributed by atoms with Gasteiger partial charge in [0.25, 0.3) is 11.6 Å². The van der Waals surface area contributed by atoms with Gasteiger partial charge in [0.05, 0.1) is 4.92 Å². The van der Waals surface area contributed by atoms with Gasteiger partial charge in [-0.25, -0.2) is 4.79 Å². The van der Waals surface area contributed by atoms with Crippen LogP contribution in [0.2, 0.25) is 0 Å². The zero-order chi connectivity index (χ0) is 18.4. The first-order valence-corrected chi connectivity index (χ1v) is 8.50. The molecule has 0 aliphatic rings. The highest BCUT2D eigenvalue weighted by atomic mass is 32.2. The Balaban J connectivity index is 1.99. The van der Waals surface area contributed by atoms with Crippen molar-refractivity contribution >= 4 is 35.0 Å². The van der Waals surface area contributed by atoms with Gasteiger partial charge in [0.15, 0.2) is 6.61 Å². The summed E-state index contributed by atoms with van der Waals surface area (Å²) in [5.74, 6) is -1.44. The van der Waals surface area contributed by atoms with E-state index in [-0.39, 0.29) is 11.3 Å². The molecular formula is C17H16N2O5S. The van der Waals surface area contributed by atoms with Gasteiger partial charge in [-0.05, 0) is 43.5 Å². The van der Waals surface area contributed by atoms with E-state index in [2.05, 4.69) is 5.32 Å². The first kappa shape index (κ1) is 18.5. The fraction of sp³-hybridized carbons (Fsp3) is 0.176. The van der Waals surface area contributed by atoms with Gasteiger partial charge in [-0.15, -0.1) is 11.8 Å². The SMILES string of the molecule is CSc1ccc(NC(=O)COC(=O)c2cccc(C)c2[N+](=O)[O-])cc1. The number of para-hydroxylation sites is 1. The van der Waals surface area contributed by atoms with Crippen LogP contribution in [-0.4, -0.2) is 29.7 Å². The van der Waals surface area contributed by atoms with Crippen molar-refractivity contribution in [3.05, 3.63) is 63.7 Å². The van der Waals surface area contributed by atoms with E-state index in [9.17, 15) is 19.7 Å². The van der Waals surface area contributed by atoms with Gasteiger partial charge in [0, 0.05) is 16.1 Å². The number of hydrogen-bond donors (Lipinski definition) is 1. The molecule has 0 radical (unpaired) electrons. The second-order valence-electron chi connectivity index (χ2n) is 5.08. The van der Waals surface area contributed by atoms with Crippen molar-refractivity contribution < 1.29 is 19.2 Å². The van der Waals surface area contributed by atoms with Crippen LogP contribution in [-0.2, 0) is 9.53 Å². The molecule has 0 bridgehead atoms. The first-order valence-electron chi connectivity index (χ1n) is 7.27. The van der Waals surface area contributed by atoms with Crippen molar-refractivity contribution in [2.75, 3.05) is 18.2 Å². The Bertz CT molecular complexity index is 805. The van der Waals surface area contributed by atoms with Crippen LogP contribution in [0, 0.1) is 17.0 Å².